The summed E-state index contributed by atoms with van der Waals surface area (Å²) >= 11 is 0. The highest BCUT2D eigenvalue weighted by atomic mass is 28.3. The van der Waals surface area contributed by atoms with Crippen molar-refractivity contribution in [1.82, 2.24) is 9.78 Å². The monoisotopic (exact) mass is 356 g/mol. The van der Waals surface area contributed by atoms with Crippen LogP contribution in [0.4, 0.5) is 0 Å². The summed E-state index contributed by atoms with van der Waals surface area (Å²) in [5.41, 5.74) is 2.62. The standard InChI is InChI=1S/C19H29BN2O2Si/c1-18(2)19(3,4)24-20(23-18)15-16(14-12-10-9-11-13-14)22(5)21-17(15)25(6,7)8/h9-13H,1-8H3. The van der Waals surface area contributed by atoms with Crippen molar-refractivity contribution in [2.24, 2.45) is 7.05 Å². The highest BCUT2D eigenvalue weighted by Gasteiger charge is 2.54. The van der Waals surface area contributed by atoms with E-state index in [1.54, 1.807) is 0 Å². The number of hydrogen-bond acceptors (Lipinski definition) is 3. The molecule has 25 heavy (non-hydrogen) atoms. The van der Waals surface area contributed by atoms with Crippen LogP contribution in [-0.4, -0.2) is 36.2 Å². The molecule has 1 fully saturated rings. The van der Waals surface area contributed by atoms with Crippen LogP contribution in [0.2, 0.25) is 19.6 Å². The molecule has 1 aliphatic heterocycles. The lowest BCUT2D eigenvalue weighted by atomic mass is 9.78. The quantitative estimate of drug-likeness (QED) is 0.794. The first-order valence-corrected chi connectivity index (χ1v) is 12.4. The fraction of sp³-hybridized carbons (Fsp3) is 0.526. The van der Waals surface area contributed by atoms with E-state index in [-0.39, 0.29) is 11.2 Å². The molecule has 0 unspecified atom stereocenters. The van der Waals surface area contributed by atoms with Crippen LogP contribution in [0, 0.1) is 0 Å². The molecule has 4 nitrogen and oxygen atoms in total. The molecule has 0 radical (unpaired) electrons. The molecule has 0 saturated carbocycles. The highest BCUT2D eigenvalue weighted by Crippen LogP contribution is 2.37. The summed E-state index contributed by atoms with van der Waals surface area (Å²) in [6.07, 6.45) is 0. The minimum absolute atomic E-state index is 0.363. The first kappa shape index (κ1) is 18.4. The molecular weight excluding hydrogens is 327 g/mol. The van der Waals surface area contributed by atoms with Crippen LogP contribution in [0.15, 0.2) is 30.3 Å². The Kier molecular flexibility index (Phi) is 4.29. The lowest BCUT2D eigenvalue weighted by molar-refractivity contribution is 0.00578. The van der Waals surface area contributed by atoms with Crippen molar-refractivity contribution in [2.75, 3.05) is 0 Å². The summed E-state index contributed by atoms with van der Waals surface area (Å²) in [5.74, 6) is 0. The second-order valence-corrected chi connectivity index (χ2v) is 13.9. The molecule has 1 aliphatic rings. The van der Waals surface area contributed by atoms with Crippen LogP contribution >= 0.6 is 0 Å². The summed E-state index contributed by atoms with van der Waals surface area (Å²) in [6, 6.07) is 10.4. The molecule has 134 valence electrons. The van der Waals surface area contributed by atoms with Gasteiger partial charge in [0.05, 0.1) is 16.9 Å². The average molecular weight is 356 g/mol. The molecule has 2 heterocycles. The van der Waals surface area contributed by atoms with E-state index in [0.29, 0.717) is 0 Å². The molecule has 0 atom stereocenters. The van der Waals surface area contributed by atoms with Gasteiger partial charge in [0.25, 0.3) is 0 Å². The van der Waals surface area contributed by atoms with Crippen molar-refractivity contribution in [3.63, 3.8) is 0 Å². The molecule has 2 aromatic rings. The third kappa shape index (κ3) is 3.11. The smallest absolute Gasteiger partial charge is 0.399 e. The molecule has 1 saturated heterocycles. The van der Waals surface area contributed by atoms with Gasteiger partial charge in [0.2, 0.25) is 0 Å². The Balaban J connectivity index is 2.21. The Hall–Kier alpha value is -1.37. The number of benzene rings is 1. The summed E-state index contributed by atoms with van der Waals surface area (Å²) in [6.45, 7) is 15.3. The fourth-order valence-corrected chi connectivity index (χ4v) is 4.71. The number of hydrogen-bond donors (Lipinski definition) is 0. The zero-order valence-electron chi connectivity index (χ0n) is 16.7. The van der Waals surface area contributed by atoms with Crippen molar-refractivity contribution >= 4 is 26.0 Å². The van der Waals surface area contributed by atoms with Crippen molar-refractivity contribution in [3.8, 4) is 11.3 Å². The lowest BCUT2D eigenvalue weighted by Crippen LogP contribution is -2.54. The number of aromatic nitrogens is 2. The van der Waals surface area contributed by atoms with Gasteiger partial charge in [-0.2, -0.15) is 5.10 Å². The maximum atomic E-state index is 6.41. The van der Waals surface area contributed by atoms with Gasteiger partial charge in [-0.3, -0.25) is 4.68 Å². The lowest BCUT2D eigenvalue weighted by Gasteiger charge is -2.32. The van der Waals surface area contributed by atoms with Gasteiger partial charge in [0, 0.05) is 17.8 Å². The number of nitrogens with zero attached hydrogens (tertiary/aromatic N) is 2. The van der Waals surface area contributed by atoms with Crippen molar-refractivity contribution in [3.05, 3.63) is 30.3 Å². The molecule has 0 N–H and O–H groups in total. The predicted octanol–water partition coefficient (Wildman–Crippen LogP) is 2.93. The molecule has 3 rings (SSSR count). The van der Waals surface area contributed by atoms with Gasteiger partial charge < -0.3 is 9.31 Å². The van der Waals surface area contributed by atoms with E-state index < -0.39 is 15.2 Å². The zero-order valence-corrected chi connectivity index (χ0v) is 17.7. The molecule has 6 heteroatoms. The normalized spacial score (nSPS) is 19.4. The molecule has 0 spiro atoms. The fourth-order valence-electron chi connectivity index (χ4n) is 3.22. The van der Waals surface area contributed by atoms with Gasteiger partial charge in [0.1, 0.15) is 8.07 Å². The van der Waals surface area contributed by atoms with Crippen LogP contribution in [0.25, 0.3) is 11.3 Å². The molecule has 0 bridgehead atoms. The van der Waals surface area contributed by atoms with E-state index >= 15 is 0 Å². The number of rotatable bonds is 3. The largest absolute Gasteiger partial charge is 0.498 e. The van der Waals surface area contributed by atoms with E-state index in [4.69, 9.17) is 14.4 Å². The molecule has 0 amide bonds. The molecule has 1 aromatic carbocycles. The van der Waals surface area contributed by atoms with Gasteiger partial charge in [-0.15, -0.1) is 0 Å². The third-order valence-corrected chi connectivity index (χ3v) is 7.12. The maximum Gasteiger partial charge on any atom is 0.498 e. The minimum atomic E-state index is -1.67. The summed E-state index contributed by atoms with van der Waals surface area (Å²) in [5, 5.41) is 6.08. The van der Waals surface area contributed by atoms with E-state index in [2.05, 4.69) is 71.6 Å². The molecular formula is C19H29BN2O2Si. The van der Waals surface area contributed by atoms with Gasteiger partial charge in [-0.1, -0.05) is 50.0 Å². The van der Waals surface area contributed by atoms with Crippen LogP contribution in [0.5, 0.6) is 0 Å². The zero-order chi connectivity index (χ0) is 18.6. The minimum Gasteiger partial charge on any atom is -0.399 e. The molecule has 0 aliphatic carbocycles. The summed E-state index contributed by atoms with van der Waals surface area (Å²) < 4.78 is 14.8. The topological polar surface area (TPSA) is 36.3 Å². The van der Waals surface area contributed by atoms with E-state index in [1.165, 1.54) is 0 Å². The van der Waals surface area contributed by atoms with Gasteiger partial charge in [-0.05, 0) is 33.3 Å². The van der Waals surface area contributed by atoms with E-state index in [9.17, 15) is 0 Å². The maximum absolute atomic E-state index is 6.41. The van der Waals surface area contributed by atoms with Gasteiger partial charge in [-0.25, -0.2) is 0 Å². The van der Waals surface area contributed by atoms with E-state index in [1.807, 2.05) is 17.8 Å². The Morgan fingerprint density at radius 1 is 0.960 bits per heavy atom. The second kappa shape index (κ2) is 5.83. The second-order valence-electron chi connectivity index (χ2n) is 8.94. The number of aryl methyl sites for hydroxylation is 1. The average Bonchev–Trinajstić information content (AvgIpc) is 2.94. The Bertz CT molecular complexity index is 763. The summed E-state index contributed by atoms with van der Waals surface area (Å²) in [4.78, 5) is 0. The first-order chi connectivity index (χ1) is 11.4. The van der Waals surface area contributed by atoms with Crippen molar-refractivity contribution < 1.29 is 9.31 Å². The Morgan fingerprint density at radius 3 is 1.96 bits per heavy atom. The van der Waals surface area contributed by atoms with Crippen LogP contribution in [-0.2, 0) is 16.4 Å². The van der Waals surface area contributed by atoms with Crippen molar-refractivity contribution in [1.29, 1.82) is 0 Å². The van der Waals surface area contributed by atoms with Crippen LogP contribution in [0.3, 0.4) is 0 Å². The van der Waals surface area contributed by atoms with E-state index in [0.717, 1.165) is 22.0 Å². The SMILES string of the molecule is Cn1nc([Si](C)(C)C)c(B2OC(C)(C)C(C)(C)O2)c1-c1ccccc1. The van der Waals surface area contributed by atoms with Gasteiger partial charge >= 0.3 is 7.12 Å². The first-order valence-electron chi connectivity index (χ1n) is 8.92. The Labute approximate surface area is 152 Å². The summed E-state index contributed by atoms with van der Waals surface area (Å²) in [7, 11) is -0.0518. The predicted molar refractivity (Wildman–Crippen MR) is 107 cm³/mol. The third-order valence-electron chi connectivity index (χ3n) is 5.33. The van der Waals surface area contributed by atoms with Crippen LogP contribution < -0.4 is 10.8 Å². The molecule has 1 aromatic heterocycles. The van der Waals surface area contributed by atoms with Gasteiger partial charge in [0.15, 0.2) is 0 Å². The van der Waals surface area contributed by atoms with Crippen LogP contribution in [0.1, 0.15) is 27.7 Å². The Morgan fingerprint density at radius 2 is 1.48 bits per heavy atom. The highest BCUT2D eigenvalue weighted by molar-refractivity contribution is 6.92. The van der Waals surface area contributed by atoms with Crippen molar-refractivity contribution in [2.45, 2.75) is 58.5 Å².